The van der Waals surface area contributed by atoms with E-state index in [9.17, 15) is 10.1 Å². The Hall–Kier alpha value is -2.80. The first-order chi connectivity index (χ1) is 11.1. The summed E-state index contributed by atoms with van der Waals surface area (Å²) in [6.45, 7) is 0. The number of anilines is 1. The molecular formula is C16H14N4O2S. The zero-order valence-corrected chi connectivity index (χ0v) is 13.0. The normalized spacial score (nSPS) is 14.3. The van der Waals surface area contributed by atoms with E-state index in [0.29, 0.717) is 10.8 Å². The summed E-state index contributed by atoms with van der Waals surface area (Å²) in [7, 11) is 0. The number of aryl methyl sites for hydroxylation is 1. The molecule has 0 spiro atoms. The van der Waals surface area contributed by atoms with Gasteiger partial charge in [0.1, 0.15) is 0 Å². The maximum absolute atomic E-state index is 10.6. The van der Waals surface area contributed by atoms with Gasteiger partial charge in [0.25, 0.3) is 5.69 Å². The van der Waals surface area contributed by atoms with Crippen LogP contribution in [-0.2, 0) is 6.42 Å². The van der Waals surface area contributed by atoms with Gasteiger partial charge in [-0.15, -0.1) is 0 Å². The number of benzene rings is 2. The Bertz CT molecular complexity index is 787. The SMILES string of the molecule is O=[N+]([O-])c1ccc(NC(=S)N/N=C2\CCc3ccccc32)cc1. The van der Waals surface area contributed by atoms with Crippen molar-refractivity contribution in [1.82, 2.24) is 5.43 Å². The van der Waals surface area contributed by atoms with Crippen LogP contribution in [0, 0.1) is 10.1 Å². The molecule has 3 rings (SSSR count). The van der Waals surface area contributed by atoms with Crippen LogP contribution in [0.25, 0.3) is 0 Å². The van der Waals surface area contributed by atoms with E-state index in [2.05, 4.69) is 28.0 Å². The minimum absolute atomic E-state index is 0.0391. The largest absolute Gasteiger partial charge is 0.331 e. The maximum Gasteiger partial charge on any atom is 0.269 e. The Balaban J connectivity index is 1.62. The van der Waals surface area contributed by atoms with Crippen LogP contribution in [0.2, 0.25) is 0 Å². The lowest BCUT2D eigenvalue weighted by Crippen LogP contribution is -2.25. The lowest BCUT2D eigenvalue weighted by molar-refractivity contribution is -0.384. The maximum atomic E-state index is 10.6. The minimum Gasteiger partial charge on any atom is -0.331 e. The molecule has 0 amide bonds. The Kier molecular flexibility index (Phi) is 4.29. The second-order valence-electron chi connectivity index (χ2n) is 5.09. The molecule has 0 saturated carbocycles. The third-order valence-corrected chi connectivity index (χ3v) is 3.78. The fraction of sp³-hybridized carbons (Fsp3) is 0.125. The molecule has 1 aliphatic rings. The molecule has 6 nitrogen and oxygen atoms in total. The number of nitro groups is 1. The Morgan fingerprint density at radius 1 is 1.13 bits per heavy atom. The van der Waals surface area contributed by atoms with Crippen molar-refractivity contribution < 1.29 is 4.92 Å². The molecule has 0 fully saturated rings. The molecular weight excluding hydrogens is 312 g/mol. The minimum atomic E-state index is -0.441. The molecule has 2 aromatic rings. The van der Waals surface area contributed by atoms with Crippen LogP contribution in [-0.4, -0.2) is 15.7 Å². The van der Waals surface area contributed by atoms with Gasteiger partial charge in [-0.05, 0) is 42.8 Å². The summed E-state index contributed by atoms with van der Waals surface area (Å²) in [4.78, 5) is 10.2. The van der Waals surface area contributed by atoms with Crippen LogP contribution in [0.5, 0.6) is 0 Å². The number of nitrogens with one attached hydrogen (secondary N) is 2. The summed E-state index contributed by atoms with van der Waals surface area (Å²) in [6, 6.07) is 14.2. The molecule has 1 aliphatic carbocycles. The van der Waals surface area contributed by atoms with Crippen LogP contribution in [0.1, 0.15) is 17.5 Å². The highest BCUT2D eigenvalue weighted by Gasteiger charge is 2.16. The van der Waals surface area contributed by atoms with Gasteiger partial charge in [-0.1, -0.05) is 24.3 Å². The van der Waals surface area contributed by atoms with Crippen molar-refractivity contribution in [2.24, 2.45) is 5.10 Å². The smallest absolute Gasteiger partial charge is 0.269 e. The van der Waals surface area contributed by atoms with Crippen molar-refractivity contribution in [1.29, 1.82) is 0 Å². The third-order valence-electron chi connectivity index (χ3n) is 3.59. The van der Waals surface area contributed by atoms with Crippen LogP contribution in [0.3, 0.4) is 0 Å². The summed E-state index contributed by atoms with van der Waals surface area (Å²) in [5.41, 5.74) is 6.96. The molecule has 0 radical (unpaired) electrons. The van der Waals surface area contributed by atoms with Crippen molar-refractivity contribution in [3.8, 4) is 0 Å². The first kappa shape index (κ1) is 15.1. The van der Waals surface area contributed by atoms with Crippen LogP contribution in [0.4, 0.5) is 11.4 Å². The average Bonchev–Trinajstić information content (AvgIpc) is 2.97. The number of hydrogen-bond acceptors (Lipinski definition) is 4. The Morgan fingerprint density at radius 3 is 2.61 bits per heavy atom. The second-order valence-corrected chi connectivity index (χ2v) is 5.49. The average molecular weight is 326 g/mol. The summed E-state index contributed by atoms with van der Waals surface area (Å²) in [6.07, 6.45) is 1.87. The van der Waals surface area contributed by atoms with Crippen molar-refractivity contribution in [3.63, 3.8) is 0 Å². The first-order valence-electron chi connectivity index (χ1n) is 7.10. The fourth-order valence-electron chi connectivity index (χ4n) is 2.47. The molecule has 116 valence electrons. The number of nitro benzene ring substituents is 1. The highest BCUT2D eigenvalue weighted by Crippen LogP contribution is 2.21. The van der Waals surface area contributed by atoms with E-state index in [1.54, 1.807) is 12.1 Å². The van der Waals surface area contributed by atoms with Gasteiger partial charge in [0.15, 0.2) is 5.11 Å². The molecule has 2 N–H and O–H groups in total. The van der Waals surface area contributed by atoms with Gasteiger partial charge in [0.05, 0.1) is 10.6 Å². The zero-order chi connectivity index (χ0) is 16.2. The van der Waals surface area contributed by atoms with Gasteiger partial charge in [-0.2, -0.15) is 5.10 Å². The van der Waals surface area contributed by atoms with E-state index < -0.39 is 4.92 Å². The molecule has 0 aromatic heterocycles. The van der Waals surface area contributed by atoms with E-state index >= 15 is 0 Å². The van der Waals surface area contributed by atoms with Crippen molar-refractivity contribution >= 4 is 34.4 Å². The van der Waals surface area contributed by atoms with Gasteiger partial charge in [0, 0.05) is 23.4 Å². The molecule has 0 atom stereocenters. The number of non-ortho nitro benzene ring substituents is 1. The van der Waals surface area contributed by atoms with Crippen LogP contribution in [0.15, 0.2) is 53.6 Å². The molecule has 23 heavy (non-hydrogen) atoms. The fourth-order valence-corrected chi connectivity index (χ4v) is 2.63. The summed E-state index contributed by atoms with van der Waals surface area (Å²) >= 11 is 5.19. The summed E-state index contributed by atoms with van der Waals surface area (Å²) < 4.78 is 0. The Morgan fingerprint density at radius 2 is 1.87 bits per heavy atom. The summed E-state index contributed by atoms with van der Waals surface area (Å²) in [5.74, 6) is 0. The summed E-state index contributed by atoms with van der Waals surface area (Å²) in [5, 5.41) is 18.3. The number of thiocarbonyl (C=S) groups is 1. The molecule has 0 saturated heterocycles. The molecule has 2 aromatic carbocycles. The molecule has 0 unspecified atom stereocenters. The van der Waals surface area contributed by atoms with Gasteiger partial charge in [-0.25, -0.2) is 0 Å². The van der Waals surface area contributed by atoms with Crippen molar-refractivity contribution in [2.45, 2.75) is 12.8 Å². The van der Waals surface area contributed by atoms with Gasteiger partial charge < -0.3 is 5.32 Å². The molecule has 0 bridgehead atoms. The van der Waals surface area contributed by atoms with E-state index in [1.807, 2.05) is 12.1 Å². The van der Waals surface area contributed by atoms with E-state index in [-0.39, 0.29) is 5.69 Å². The lowest BCUT2D eigenvalue weighted by Gasteiger charge is -2.07. The van der Waals surface area contributed by atoms with Gasteiger partial charge in [0.2, 0.25) is 0 Å². The lowest BCUT2D eigenvalue weighted by atomic mass is 10.1. The van der Waals surface area contributed by atoms with Gasteiger partial charge in [-0.3, -0.25) is 15.5 Å². The van der Waals surface area contributed by atoms with Crippen LogP contribution < -0.4 is 10.7 Å². The van der Waals surface area contributed by atoms with Gasteiger partial charge >= 0.3 is 0 Å². The van der Waals surface area contributed by atoms with E-state index in [4.69, 9.17) is 12.2 Å². The zero-order valence-electron chi connectivity index (χ0n) is 12.2. The number of hydrogen-bond donors (Lipinski definition) is 2. The number of rotatable bonds is 3. The highest BCUT2D eigenvalue weighted by molar-refractivity contribution is 7.80. The van der Waals surface area contributed by atoms with E-state index in [0.717, 1.165) is 24.1 Å². The quantitative estimate of drug-likeness (QED) is 0.514. The number of nitrogens with zero attached hydrogens (tertiary/aromatic N) is 2. The number of fused-ring (bicyclic) bond motifs is 1. The topological polar surface area (TPSA) is 79.6 Å². The highest BCUT2D eigenvalue weighted by atomic mass is 32.1. The van der Waals surface area contributed by atoms with E-state index in [1.165, 1.54) is 17.7 Å². The molecule has 0 heterocycles. The first-order valence-corrected chi connectivity index (χ1v) is 7.50. The predicted octanol–water partition coefficient (Wildman–Crippen LogP) is 3.23. The molecule has 0 aliphatic heterocycles. The standard InChI is InChI=1S/C16H14N4O2S/c21-20(22)13-8-6-12(7-9-13)17-16(23)19-18-15-10-5-11-3-1-2-4-14(11)15/h1-4,6-9H,5,10H2,(H2,17,19,23)/b18-15+. The third kappa shape index (κ3) is 3.51. The predicted molar refractivity (Wildman–Crippen MR) is 93.8 cm³/mol. The Labute approximate surface area is 138 Å². The van der Waals surface area contributed by atoms with Crippen molar-refractivity contribution in [2.75, 3.05) is 5.32 Å². The second kappa shape index (κ2) is 6.53. The molecule has 7 heteroatoms. The van der Waals surface area contributed by atoms with Crippen molar-refractivity contribution in [3.05, 3.63) is 69.8 Å². The van der Waals surface area contributed by atoms with Crippen LogP contribution >= 0.6 is 12.2 Å². The monoisotopic (exact) mass is 326 g/mol. The number of hydrazone groups is 1.